The van der Waals surface area contributed by atoms with Crippen molar-refractivity contribution in [1.82, 2.24) is 0 Å². The molecule has 0 saturated carbocycles. The molecule has 0 spiro atoms. The zero-order chi connectivity index (χ0) is 6.78. The minimum atomic E-state index is -4.92. The van der Waals surface area contributed by atoms with Crippen LogP contribution in [0.25, 0.3) is 0 Å². The number of halogens is 2. The lowest BCUT2D eigenvalue weighted by Gasteiger charge is -1.94. The highest BCUT2D eigenvalue weighted by atomic mass is 32.3. The molecule has 0 rings (SSSR count). The van der Waals surface area contributed by atoms with Gasteiger partial charge in [0.05, 0.1) is 0 Å². The van der Waals surface area contributed by atoms with Crippen molar-refractivity contribution in [2.24, 2.45) is 0 Å². The van der Waals surface area contributed by atoms with Crippen LogP contribution in [0, 0.1) is 0 Å². The highest BCUT2D eigenvalue weighted by Crippen LogP contribution is 2.07. The molecule has 0 aromatic carbocycles. The normalized spacial score (nSPS) is 15.9. The van der Waals surface area contributed by atoms with Gasteiger partial charge >= 0.3 is 10.2 Å². The van der Waals surface area contributed by atoms with Crippen LogP contribution in [0.1, 0.15) is 13.3 Å². The minimum Gasteiger partial charge on any atom is -0.227 e. The highest BCUT2D eigenvalue weighted by Gasteiger charge is 2.20. The van der Waals surface area contributed by atoms with Crippen LogP contribution in [0.4, 0.5) is 8.28 Å². The summed E-state index contributed by atoms with van der Waals surface area (Å²) in [4.78, 5) is 0. The van der Waals surface area contributed by atoms with Gasteiger partial charge in [0.2, 0.25) is 5.50 Å². The summed E-state index contributed by atoms with van der Waals surface area (Å²) in [6, 6.07) is 0. The van der Waals surface area contributed by atoms with Crippen LogP contribution >= 0.6 is 0 Å². The predicted molar refractivity (Wildman–Crippen MR) is 25.2 cm³/mol. The van der Waals surface area contributed by atoms with Crippen LogP contribution < -0.4 is 0 Å². The molecule has 0 aliphatic carbocycles. The lowest BCUT2D eigenvalue weighted by atomic mass is 10.6. The molecule has 0 heterocycles. The lowest BCUT2D eigenvalue weighted by molar-refractivity contribution is 0.392. The second-order valence-corrected chi connectivity index (χ2v) is 2.76. The smallest absolute Gasteiger partial charge is 0.227 e. The van der Waals surface area contributed by atoms with Crippen LogP contribution in [0.2, 0.25) is 0 Å². The molecule has 0 saturated heterocycles. The van der Waals surface area contributed by atoms with Crippen LogP contribution in [0.15, 0.2) is 0 Å². The Morgan fingerprint density at radius 1 is 1.62 bits per heavy atom. The molecule has 0 fully saturated rings. The van der Waals surface area contributed by atoms with E-state index < -0.39 is 15.7 Å². The molecule has 0 N–H and O–H groups in total. The topological polar surface area (TPSA) is 34.1 Å². The fourth-order valence-electron chi connectivity index (χ4n) is 0.199. The molecule has 5 heteroatoms. The Bertz CT molecular complexity index is 151. The SMILES string of the molecule is CCC(F)S(=O)(=O)F. The minimum absolute atomic E-state index is 0.334. The largest absolute Gasteiger partial charge is 0.334 e. The zero-order valence-corrected chi connectivity index (χ0v) is 5.08. The molecular weight excluding hydrogens is 138 g/mol. The molecule has 0 bridgehead atoms. The van der Waals surface area contributed by atoms with Crippen molar-refractivity contribution in [3.8, 4) is 0 Å². The van der Waals surface area contributed by atoms with Gasteiger partial charge in [-0.1, -0.05) is 6.92 Å². The maximum atomic E-state index is 11.7. The molecule has 2 nitrogen and oxygen atoms in total. The summed E-state index contributed by atoms with van der Waals surface area (Å²) in [7, 11) is -4.92. The summed E-state index contributed by atoms with van der Waals surface area (Å²) in [5.41, 5.74) is -2.34. The third-order valence-electron chi connectivity index (χ3n) is 0.626. The van der Waals surface area contributed by atoms with Crippen LogP contribution in [-0.2, 0) is 10.2 Å². The molecule has 0 aliphatic heterocycles. The third-order valence-corrected chi connectivity index (χ3v) is 1.57. The third kappa shape index (κ3) is 2.20. The molecule has 8 heavy (non-hydrogen) atoms. The van der Waals surface area contributed by atoms with E-state index in [2.05, 4.69) is 0 Å². The summed E-state index contributed by atoms with van der Waals surface area (Å²) >= 11 is 0. The Balaban J connectivity index is 4.04. The van der Waals surface area contributed by atoms with Crippen LogP contribution in [-0.4, -0.2) is 13.9 Å². The van der Waals surface area contributed by atoms with Gasteiger partial charge in [-0.05, 0) is 6.42 Å². The number of hydrogen-bond acceptors (Lipinski definition) is 2. The fraction of sp³-hybridized carbons (Fsp3) is 1.00. The van der Waals surface area contributed by atoms with E-state index in [1.54, 1.807) is 0 Å². The summed E-state index contributed by atoms with van der Waals surface area (Å²) < 4.78 is 42.1. The number of hydrogen-bond donors (Lipinski definition) is 0. The lowest BCUT2D eigenvalue weighted by Crippen LogP contribution is -2.08. The first-order valence-electron chi connectivity index (χ1n) is 2.06. The van der Waals surface area contributed by atoms with E-state index in [4.69, 9.17) is 0 Å². The fourth-order valence-corrected chi connectivity index (χ4v) is 0.597. The van der Waals surface area contributed by atoms with Gasteiger partial charge in [0, 0.05) is 0 Å². The summed E-state index contributed by atoms with van der Waals surface area (Å²) in [5, 5.41) is 0. The van der Waals surface area contributed by atoms with Gasteiger partial charge in [-0.3, -0.25) is 0 Å². The Kier molecular flexibility index (Phi) is 2.33. The quantitative estimate of drug-likeness (QED) is 0.541. The summed E-state index contributed by atoms with van der Waals surface area (Å²) in [6.07, 6.45) is -0.334. The molecule has 1 unspecified atom stereocenters. The maximum Gasteiger partial charge on any atom is 0.334 e. The highest BCUT2D eigenvalue weighted by molar-refractivity contribution is 7.86. The standard InChI is InChI=1S/C3H6F2O2S/c1-2-3(4)8(5,6)7/h3H,2H2,1H3. The first-order valence-corrected chi connectivity index (χ1v) is 3.50. The monoisotopic (exact) mass is 144 g/mol. The van der Waals surface area contributed by atoms with E-state index in [1.165, 1.54) is 6.92 Å². The number of rotatable bonds is 2. The van der Waals surface area contributed by atoms with Crippen molar-refractivity contribution in [2.75, 3.05) is 0 Å². The molecule has 1 atom stereocenters. The average Bonchev–Trinajstić information content (AvgIpc) is 1.62. The maximum absolute atomic E-state index is 11.7. The van der Waals surface area contributed by atoms with Crippen molar-refractivity contribution in [1.29, 1.82) is 0 Å². The Morgan fingerprint density at radius 3 is 2.00 bits per heavy atom. The van der Waals surface area contributed by atoms with E-state index in [0.29, 0.717) is 0 Å². The van der Waals surface area contributed by atoms with Crippen LogP contribution in [0.5, 0.6) is 0 Å². The first-order chi connectivity index (χ1) is 3.48. The Morgan fingerprint density at radius 2 is 2.00 bits per heavy atom. The van der Waals surface area contributed by atoms with Gasteiger partial charge in [0.25, 0.3) is 0 Å². The van der Waals surface area contributed by atoms with Crippen molar-refractivity contribution in [2.45, 2.75) is 18.8 Å². The second kappa shape index (κ2) is 2.39. The van der Waals surface area contributed by atoms with Gasteiger partial charge in [-0.2, -0.15) is 8.42 Å². The Hall–Kier alpha value is -0.190. The van der Waals surface area contributed by atoms with E-state index in [1.807, 2.05) is 0 Å². The summed E-state index contributed by atoms with van der Waals surface area (Å²) in [6.45, 7) is 1.25. The van der Waals surface area contributed by atoms with Gasteiger partial charge in [0.1, 0.15) is 0 Å². The van der Waals surface area contributed by atoms with Crippen molar-refractivity contribution >= 4 is 10.2 Å². The van der Waals surface area contributed by atoms with Gasteiger partial charge in [0.15, 0.2) is 0 Å². The Labute approximate surface area is 46.7 Å². The van der Waals surface area contributed by atoms with E-state index >= 15 is 0 Å². The van der Waals surface area contributed by atoms with E-state index in [-0.39, 0.29) is 6.42 Å². The van der Waals surface area contributed by atoms with Crippen LogP contribution in [0.3, 0.4) is 0 Å². The van der Waals surface area contributed by atoms with E-state index in [9.17, 15) is 16.7 Å². The molecule has 0 radical (unpaired) electrons. The van der Waals surface area contributed by atoms with Gasteiger partial charge < -0.3 is 0 Å². The molecule has 0 aromatic rings. The van der Waals surface area contributed by atoms with Crippen molar-refractivity contribution < 1.29 is 16.7 Å². The molecule has 0 amide bonds. The van der Waals surface area contributed by atoms with Crippen molar-refractivity contribution in [3.05, 3.63) is 0 Å². The van der Waals surface area contributed by atoms with Gasteiger partial charge in [-0.15, -0.1) is 3.89 Å². The molecule has 0 aromatic heterocycles. The van der Waals surface area contributed by atoms with Gasteiger partial charge in [-0.25, -0.2) is 4.39 Å². The molecule has 50 valence electrons. The van der Waals surface area contributed by atoms with E-state index in [0.717, 1.165) is 0 Å². The average molecular weight is 144 g/mol. The second-order valence-electron chi connectivity index (χ2n) is 1.29. The van der Waals surface area contributed by atoms with Crippen molar-refractivity contribution in [3.63, 3.8) is 0 Å². The summed E-state index contributed by atoms with van der Waals surface area (Å²) in [5.74, 6) is 0. The first kappa shape index (κ1) is 7.81. The molecule has 0 aliphatic rings. The zero-order valence-electron chi connectivity index (χ0n) is 4.27. The molecular formula is C3H6F2O2S. The number of alkyl halides is 1. The predicted octanol–water partition coefficient (Wildman–Crippen LogP) is 0.991.